The van der Waals surface area contributed by atoms with E-state index in [0.717, 1.165) is 73.6 Å². The van der Waals surface area contributed by atoms with Crippen molar-refractivity contribution in [1.29, 1.82) is 0 Å². The lowest BCUT2D eigenvalue weighted by Gasteiger charge is -2.11. The van der Waals surface area contributed by atoms with Crippen LogP contribution in [0.2, 0.25) is 0 Å². The lowest BCUT2D eigenvalue weighted by molar-refractivity contribution is 0.503. The second kappa shape index (κ2) is 14.8. The van der Waals surface area contributed by atoms with E-state index in [9.17, 15) is 4.39 Å². The molecule has 42 heavy (non-hydrogen) atoms. The van der Waals surface area contributed by atoms with Gasteiger partial charge in [-0.2, -0.15) is 9.49 Å². The Morgan fingerprint density at radius 1 is 1.19 bits per heavy atom. The summed E-state index contributed by atoms with van der Waals surface area (Å²) in [4.78, 5) is 13.4. The highest BCUT2D eigenvalue weighted by Gasteiger charge is 2.16. The van der Waals surface area contributed by atoms with Crippen molar-refractivity contribution in [3.8, 4) is 22.0 Å². The molecular weight excluding hydrogens is 543 g/mol. The number of nitrogens with one attached hydrogen (secondary N) is 3. The van der Waals surface area contributed by atoms with E-state index in [1.165, 1.54) is 31.7 Å². The first-order chi connectivity index (χ1) is 20.5. The van der Waals surface area contributed by atoms with Crippen molar-refractivity contribution in [2.75, 3.05) is 13.1 Å². The van der Waals surface area contributed by atoms with Crippen LogP contribution >= 0.6 is 11.3 Å². The molecule has 1 aliphatic carbocycles. The van der Waals surface area contributed by atoms with Gasteiger partial charge in [-0.3, -0.25) is 5.10 Å². The average molecular weight is 585 g/mol. The van der Waals surface area contributed by atoms with Gasteiger partial charge in [-0.15, -0.1) is 11.3 Å². The summed E-state index contributed by atoms with van der Waals surface area (Å²) in [5, 5.41) is 12.8. The van der Waals surface area contributed by atoms with E-state index < -0.39 is 0 Å². The fourth-order valence-electron chi connectivity index (χ4n) is 5.23. The maximum Gasteiger partial charge on any atom is 0.178 e. The van der Waals surface area contributed by atoms with Crippen molar-refractivity contribution >= 4 is 34.7 Å². The molecule has 0 spiro atoms. The topological polar surface area (TPSA) is 82.3 Å². The van der Waals surface area contributed by atoms with E-state index in [2.05, 4.69) is 50.8 Å². The van der Waals surface area contributed by atoms with Gasteiger partial charge in [-0.05, 0) is 80.1 Å². The lowest BCUT2D eigenvalue weighted by atomic mass is 10.0. The molecule has 0 bridgehead atoms. The molecule has 8 heteroatoms. The van der Waals surface area contributed by atoms with Gasteiger partial charge in [0.15, 0.2) is 16.6 Å². The molecule has 6 nitrogen and oxygen atoms in total. The van der Waals surface area contributed by atoms with Crippen LogP contribution < -0.4 is 15.9 Å². The quantitative estimate of drug-likeness (QED) is 0.172. The number of pyridine rings is 1. The Kier molecular flexibility index (Phi) is 11.0. The van der Waals surface area contributed by atoms with Gasteiger partial charge < -0.3 is 10.3 Å². The zero-order chi connectivity index (χ0) is 30.1. The van der Waals surface area contributed by atoms with Crippen molar-refractivity contribution in [3.05, 3.63) is 88.2 Å². The maximum atomic E-state index is 13.7. The number of allylic oxidation sites excluding steroid dienone is 4. The third kappa shape index (κ3) is 7.12. The summed E-state index contributed by atoms with van der Waals surface area (Å²) in [6, 6.07) is 5.10. The number of hydrogen-bond acceptors (Lipinski definition) is 5. The van der Waals surface area contributed by atoms with Gasteiger partial charge in [0, 0.05) is 28.4 Å². The molecule has 4 aromatic heterocycles. The predicted molar refractivity (Wildman–Crippen MR) is 176 cm³/mol. The molecule has 3 N–H and O–H groups in total. The third-order valence-electron chi connectivity index (χ3n) is 7.42. The standard InChI is InChI=1S/C32H35FN6S.C2H6/c1-5-21(18-34-19-22-10-8-9-11-22)17-23(6-2)20(4)16-25-26(7-3)38-39-30(25)32-36-29-24(14-15-35-31(29)37-32)27-12-13-28(33)40-27;1-2/h5-7,12-17,22,34,38H,1,4,8-11,18-19H2,2-3H3,(H,35,36,37);1-2H3/b21-17+,23-6+,25-16+,26-7+;. The van der Waals surface area contributed by atoms with Crippen LogP contribution in [0.1, 0.15) is 53.4 Å². The molecule has 1 aliphatic rings. The zero-order valence-corrected chi connectivity index (χ0v) is 25.9. The van der Waals surface area contributed by atoms with E-state index in [-0.39, 0.29) is 5.13 Å². The molecule has 0 aliphatic heterocycles. The number of halogens is 1. The lowest BCUT2D eigenvalue weighted by Crippen LogP contribution is -2.24. The summed E-state index contributed by atoms with van der Waals surface area (Å²) >= 11 is 1.09. The number of rotatable bonds is 10. The van der Waals surface area contributed by atoms with Crippen molar-refractivity contribution in [2.24, 2.45) is 5.92 Å². The Hall–Kier alpha value is -3.88. The van der Waals surface area contributed by atoms with Crippen molar-refractivity contribution in [3.63, 3.8) is 0 Å². The smallest absolute Gasteiger partial charge is 0.178 e. The molecule has 5 rings (SSSR count). The Bertz CT molecular complexity index is 1710. The van der Waals surface area contributed by atoms with E-state index in [4.69, 9.17) is 4.98 Å². The predicted octanol–water partition coefficient (Wildman–Crippen LogP) is 7.22. The molecule has 0 unspecified atom stereocenters. The van der Waals surface area contributed by atoms with Gasteiger partial charge in [0.05, 0.1) is 10.9 Å². The monoisotopic (exact) mass is 584 g/mol. The minimum Gasteiger partial charge on any atom is -0.335 e. The summed E-state index contributed by atoms with van der Waals surface area (Å²) < 4.78 is 13.7. The summed E-state index contributed by atoms with van der Waals surface area (Å²) in [7, 11) is 0. The molecule has 0 amide bonds. The molecule has 220 valence electrons. The van der Waals surface area contributed by atoms with Gasteiger partial charge in [-0.1, -0.05) is 64.2 Å². The number of H-pyrrole nitrogens is 2. The van der Waals surface area contributed by atoms with E-state index in [1.54, 1.807) is 12.3 Å². The Labute approximate surface area is 251 Å². The number of aromatic amines is 2. The molecule has 1 fully saturated rings. The first-order valence-corrected chi connectivity index (χ1v) is 15.5. The van der Waals surface area contributed by atoms with Crippen LogP contribution in [0, 0.1) is 11.0 Å². The fraction of sp³-hybridized carbons (Fsp3) is 0.324. The number of imidazole rings is 1. The van der Waals surface area contributed by atoms with Crippen LogP contribution in [0.5, 0.6) is 0 Å². The second-order valence-corrected chi connectivity index (χ2v) is 11.1. The molecule has 1 saturated carbocycles. The third-order valence-corrected chi connectivity index (χ3v) is 8.32. The summed E-state index contributed by atoms with van der Waals surface area (Å²) in [5.41, 5.74) is 5.80. The van der Waals surface area contributed by atoms with Crippen molar-refractivity contribution in [2.45, 2.75) is 53.4 Å². The van der Waals surface area contributed by atoms with Crippen LogP contribution in [0.3, 0.4) is 0 Å². The van der Waals surface area contributed by atoms with Crippen LogP contribution in [-0.2, 0) is 0 Å². The zero-order valence-electron chi connectivity index (χ0n) is 25.1. The number of thiophene rings is 1. The van der Waals surface area contributed by atoms with E-state index >= 15 is 0 Å². The van der Waals surface area contributed by atoms with Gasteiger partial charge in [-0.25, -0.2) is 9.97 Å². The van der Waals surface area contributed by atoms with Gasteiger partial charge >= 0.3 is 0 Å². The molecule has 4 heterocycles. The van der Waals surface area contributed by atoms with E-state index in [0.29, 0.717) is 17.2 Å². The maximum absolute atomic E-state index is 13.7. The summed E-state index contributed by atoms with van der Waals surface area (Å²) in [5.74, 6) is 1.37. The van der Waals surface area contributed by atoms with Crippen LogP contribution in [0.25, 0.3) is 45.3 Å². The van der Waals surface area contributed by atoms with Crippen molar-refractivity contribution in [1.82, 2.24) is 30.5 Å². The van der Waals surface area contributed by atoms with Gasteiger partial charge in [0.1, 0.15) is 5.69 Å². The SMILES string of the molecule is C=C/C(=C\C(=C/C)C(=C)/C=c1/c(-c2nc3nccc(-c4ccc(F)s4)c3[nH]2)n[nH]/c1=C/C)CNCC1CCCC1.CC. The molecule has 0 aromatic carbocycles. The largest absolute Gasteiger partial charge is 0.335 e. The van der Waals surface area contributed by atoms with Gasteiger partial charge in [0.2, 0.25) is 0 Å². The van der Waals surface area contributed by atoms with Crippen LogP contribution in [0.15, 0.2) is 72.5 Å². The summed E-state index contributed by atoms with van der Waals surface area (Å²) in [6.45, 7) is 18.2. The van der Waals surface area contributed by atoms with Crippen LogP contribution in [0.4, 0.5) is 4.39 Å². The molecule has 0 radical (unpaired) electrons. The van der Waals surface area contributed by atoms with E-state index in [1.807, 2.05) is 52.0 Å². The normalized spacial score (nSPS) is 15.4. The minimum atomic E-state index is -0.233. The number of aromatic nitrogens is 5. The highest BCUT2D eigenvalue weighted by atomic mass is 32.1. The highest BCUT2D eigenvalue weighted by Crippen LogP contribution is 2.32. The second-order valence-electron chi connectivity index (χ2n) is 10.1. The first-order valence-electron chi connectivity index (χ1n) is 14.7. The number of fused-ring (bicyclic) bond motifs is 1. The summed E-state index contributed by atoms with van der Waals surface area (Å²) in [6.07, 6.45) is 17.2. The fourth-order valence-corrected chi connectivity index (χ4v) is 6.00. The Morgan fingerprint density at radius 2 is 1.98 bits per heavy atom. The molecular formula is C34H41FN6S. The Balaban J connectivity index is 0.00000198. The molecule has 4 aromatic rings. The first kappa shape index (κ1) is 31.1. The van der Waals surface area contributed by atoms with Crippen molar-refractivity contribution < 1.29 is 4.39 Å². The molecule has 0 atom stereocenters. The van der Waals surface area contributed by atoms with Crippen LogP contribution in [-0.4, -0.2) is 38.2 Å². The number of nitrogens with zero attached hydrogens (tertiary/aromatic N) is 3. The molecule has 0 saturated heterocycles. The minimum absolute atomic E-state index is 0.233. The van der Waals surface area contributed by atoms with Gasteiger partial charge in [0.25, 0.3) is 0 Å². The highest BCUT2D eigenvalue weighted by molar-refractivity contribution is 7.14. The Morgan fingerprint density at radius 3 is 2.64 bits per heavy atom. The average Bonchev–Trinajstić information content (AvgIpc) is 3.82. The number of hydrogen-bond donors (Lipinski definition) is 3.